The van der Waals surface area contributed by atoms with Crippen LogP contribution in [0.15, 0.2) is 24.5 Å². The standard InChI is InChI=1S/C21H26N4O/c26-20-21(10-4-6-15-5-3-7-17(24-20)19(15)21)9-1-2-11-25-12-8-16-18(13-25)23-14-22-16/h3,5,7,14H,1-2,4,6,8-13H2,(H,22,23)(H,24,26). The second-order valence-corrected chi connectivity index (χ2v) is 8.04. The molecule has 2 aliphatic heterocycles. The number of aromatic nitrogens is 2. The van der Waals surface area contributed by atoms with Crippen LogP contribution in [0.4, 0.5) is 5.69 Å². The van der Waals surface area contributed by atoms with Crippen molar-refractivity contribution in [3.63, 3.8) is 0 Å². The molecule has 0 spiro atoms. The molecule has 0 saturated carbocycles. The molecule has 1 amide bonds. The molecular formula is C21H26N4O. The van der Waals surface area contributed by atoms with E-state index in [1.807, 2.05) is 6.33 Å². The van der Waals surface area contributed by atoms with Gasteiger partial charge in [-0.05, 0) is 55.8 Å². The molecule has 0 bridgehead atoms. The summed E-state index contributed by atoms with van der Waals surface area (Å²) in [6.45, 7) is 3.18. The first kappa shape index (κ1) is 16.1. The molecule has 2 aromatic rings. The molecule has 1 unspecified atom stereocenters. The first-order chi connectivity index (χ1) is 12.8. The third-order valence-corrected chi connectivity index (χ3v) is 6.54. The zero-order valence-electron chi connectivity index (χ0n) is 15.2. The smallest absolute Gasteiger partial charge is 0.235 e. The van der Waals surface area contributed by atoms with Crippen molar-refractivity contribution in [3.05, 3.63) is 47.0 Å². The number of H-pyrrole nitrogens is 1. The zero-order valence-corrected chi connectivity index (χ0v) is 15.2. The van der Waals surface area contributed by atoms with Crippen molar-refractivity contribution in [2.75, 3.05) is 18.4 Å². The third-order valence-electron chi connectivity index (χ3n) is 6.54. The van der Waals surface area contributed by atoms with Gasteiger partial charge in [0.25, 0.3) is 0 Å². The SMILES string of the molecule is O=C1Nc2cccc3c2C1(CCCCN1CCc2nc[nH]c2C1)CCC3. The second kappa shape index (κ2) is 6.23. The van der Waals surface area contributed by atoms with Crippen molar-refractivity contribution in [1.82, 2.24) is 14.9 Å². The predicted octanol–water partition coefficient (Wildman–Crippen LogP) is 3.16. The number of aryl methyl sites for hydroxylation is 1. The summed E-state index contributed by atoms with van der Waals surface area (Å²) in [5.41, 5.74) is 6.01. The maximum absolute atomic E-state index is 12.8. The number of benzene rings is 1. The third kappa shape index (κ3) is 2.49. The summed E-state index contributed by atoms with van der Waals surface area (Å²) < 4.78 is 0. The molecule has 0 radical (unpaired) electrons. The van der Waals surface area contributed by atoms with Gasteiger partial charge < -0.3 is 10.3 Å². The minimum atomic E-state index is -0.261. The number of amides is 1. The van der Waals surface area contributed by atoms with E-state index in [-0.39, 0.29) is 11.3 Å². The molecule has 136 valence electrons. The van der Waals surface area contributed by atoms with E-state index in [9.17, 15) is 4.79 Å². The fourth-order valence-corrected chi connectivity index (χ4v) is 5.24. The van der Waals surface area contributed by atoms with Crippen molar-refractivity contribution in [3.8, 4) is 0 Å². The molecule has 0 saturated heterocycles. The van der Waals surface area contributed by atoms with Crippen LogP contribution in [0.25, 0.3) is 0 Å². The van der Waals surface area contributed by atoms with E-state index in [1.54, 1.807) is 0 Å². The zero-order chi connectivity index (χ0) is 17.6. The largest absolute Gasteiger partial charge is 0.347 e. The fourth-order valence-electron chi connectivity index (χ4n) is 5.24. The summed E-state index contributed by atoms with van der Waals surface area (Å²) in [6, 6.07) is 6.36. The van der Waals surface area contributed by atoms with Gasteiger partial charge in [-0.2, -0.15) is 0 Å². The average molecular weight is 350 g/mol. The van der Waals surface area contributed by atoms with Crippen LogP contribution in [0.2, 0.25) is 0 Å². The highest BCUT2D eigenvalue weighted by Crippen LogP contribution is 2.49. The second-order valence-electron chi connectivity index (χ2n) is 8.04. The van der Waals surface area contributed by atoms with Crippen LogP contribution in [0.3, 0.4) is 0 Å². The summed E-state index contributed by atoms with van der Waals surface area (Å²) >= 11 is 0. The van der Waals surface area contributed by atoms with Crippen LogP contribution in [-0.4, -0.2) is 33.9 Å². The van der Waals surface area contributed by atoms with E-state index in [0.29, 0.717) is 0 Å². The predicted molar refractivity (Wildman–Crippen MR) is 101 cm³/mol. The number of carbonyl (C=O) groups is 1. The molecule has 1 aromatic heterocycles. The molecule has 5 rings (SSSR count). The number of fused-ring (bicyclic) bond motifs is 1. The number of unbranched alkanes of at least 4 members (excludes halogenated alkanes) is 1. The lowest BCUT2D eigenvalue weighted by Crippen LogP contribution is -2.37. The number of hydrogen-bond acceptors (Lipinski definition) is 3. The van der Waals surface area contributed by atoms with Crippen molar-refractivity contribution in [1.29, 1.82) is 0 Å². The first-order valence-electron chi connectivity index (χ1n) is 9.94. The van der Waals surface area contributed by atoms with Crippen molar-refractivity contribution in [2.24, 2.45) is 0 Å². The Morgan fingerprint density at radius 1 is 1.23 bits per heavy atom. The van der Waals surface area contributed by atoms with Crippen molar-refractivity contribution < 1.29 is 4.79 Å². The van der Waals surface area contributed by atoms with E-state index >= 15 is 0 Å². The maximum Gasteiger partial charge on any atom is 0.235 e. The Labute approximate surface area is 154 Å². The van der Waals surface area contributed by atoms with Gasteiger partial charge in [0.2, 0.25) is 5.91 Å². The summed E-state index contributed by atoms with van der Waals surface area (Å²) in [6.07, 6.45) is 9.32. The first-order valence-corrected chi connectivity index (χ1v) is 9.94. The molecule has 3 aliphatic rings. The quantitative estimate of drug-likeness (QED) is 0.814. The molecule has 26 heavy (non-hydrogen) atoms. The van der Waals surface area contributed by atoms with Crippen LogP contribution >= 0.6 is 0 Å². The van der Waals surface area contributed by atoms with Gasteiger partial charge in [-0.25, -0.2) is 4.98 Å². The lowest BCUT2D eigenvalue weighted by Gasteiger charge is -2.33. The van der Waals surface area contributed by atoms with Gasteiger partial charge >= 0.3 is 0 Å². The van der Waals surface area contributed by atoms with Gasteiger partial charge in [-0.3, -0.25) is 9.69 Å². The summed E-state index contributed by atoms with van der Waals surface area (Å²) in [4.78, 5) is 23.0. The minimum absolute atomic E-state index is 0.236. The Balaban J connectivity index is 1.23. The summed E-state index contributed by atoms with van der Waals surface area (Å²) in [5, 5.41) is 3.16. The molecule has 1 atom stereocenters. The van der Waals surface area contributed by atoms with Crippen molar-refractivity contribution >= 4 is 11.6 Å². The van der Waals surface area contributed by atoms with Gasteiger partial charge in [0.1, 0.15) is 0 Å². The molecule has 5 nitrogen and oxygen atoms in total. The lowest BCUT2D eigenvalue weighted by molar-refractivity contribution is -0.121. The number of anilines is 1. The molecule has 5 heteroatoms. The highest BCUT2D eigenvalue weighted by atomic mass is 16.2. The van der Waals surface area contributed by atoms with E-state index in [2.05, 4.69) is 38.4 Å². The van der Waals surface area contributed by atoms with Crippen molar-refractivity contribution in [2.45, 2.75) is 56.9 Å². The number of nitrogens with zero attached hydrogens (tertiary/aromatic N) is 2. The lowest BCUT2D eigenvalue weighted by atomic mass is 9.68. The van der Waals surface area contributed by atoms with E-state index in [1.165, 1.54) is 22.5 Å². The van der Waals surface area contributed by atoms with Crippen LogP contribution in [0.1, 0.15) is 54.6 Å². The number of rotatable bonds is 5. The van der Waals surface area contributed by atoms with Crippen LogP contribution in [-0.2, 0) is 29.6 Å². The monoisotopic (exact) mass is 350 g/mol. The fraction of sp³-hybridized carbons (Fsp3) is 0.524. The Hall–Kier alpha value is -2.14. The number of imidazole rings is 1. The Morgan fingerprint density at radius 2 is 2.19 bits per heavy atom. The van der Waals surface area contributed by atoms with Crippen LogP contribution in [0.5, 0.6) is 0 Å². The summed E-state index contributed by atoms with van der Waals surface area (Å²) in [7, 11) is 0. The van der Waals surface area contributed by atoms with Gasteiger partial charge in [0.05, 0.1) is 23.1 Å². The van der Waals surface area contributed by atoms with Gasteiger partial charge in [0, 0.05) is 25.2 Å². The molecule has 3 heterocycles. The minimum Gasteiger partial charge on any atom is -0.347 e. The van der Waals surface area contributed by atoms with E-state index < -0.39 is 0 Å². The Bertz CT molecular complexity index is 842. The number of carbonyl (C=O) groups excluding carboxylic acids is 1. The molecule has 1 aliphatic carbocycles. The van der Waals surface area contributed by atoms with E-state index in [0.717, 1.165) is 70.3 Å². The maximum atomic E-state index is 12.8. The summed E-state index contributed by atoms with van der Waals surface area (Å²) in [5.74, 6) is 0.236. The Kier molecular flexibility index (Phi) is 3.85. The van der Waals surface area contributed by atoms with Crippen LogP contribution < -0.4 is 5.32 Å². The van der Waals surface area contributed by atoms with Gasteiger partial charge in [-0.15, -0.1) is 0 Å². The molecule has 2 N–H and O–H groups in total. The average Bonchev–Trinajstić information content (AvgIpc) is 3.23. The molecule has 0 fully saturated rings. The highest BCUT2D eigenvalue weighted by molar-refractivity contribution is 6.07. The number of nitrogens with one attached hydrogen (secondary N) is 2. The van der Waals surface area contributed by atoms with Gasteiger partial charge in [-0.1, -0.05) is 18.6 Å². The normalized spacial score (nSPS) is 24.2. The molecule has 1 aromatic carbocycles. The molecular weight excluding hydrogens is 324 g/mol. The number of aromatic amines is 1. The van der Waals surface area contributed by atoms with Gasteiger partial charge in [0.15, 0.2) is 0 Å². The highest BCUT2D eigenvalue weighted by Gasteiger charge is 2.48. The number of hydrogen-bond donors (Lipinski definition) is 2. The Morgan fingerprint density at radius 3 is 3.15 bits per heavy atom. The van der Waals surface area contributed by atoms with Crippen LogP contribution in [0, 0.1) is 0 Å². The topological polar surface area (TPSA) is 61.0 Å². The van der Waals surface area contributed by atoms with E-state index in [4.69, 9.17) is 0 Å².